The second kappa shape index (κ2) is 5.51. The standard InChI is InChI=1S/C10H12BrClO/c1-8(6-12)7-13-10-4-2-3-9(11)5-10/h2-5,8H,6-7H2,1H3/t8-/m0/s1. The molecule has 3 heteroatoms. The first-order valence-electron chi connectivity index (χ1n) is 4.16. The largest absolute Gasteiger partial charge is 0.493 e. The van der Waals surface area contributed by atoms with E-state index in [2.05, 4.69) is 22.9 Å². The van der Waals surface area contributed by atoms with E-state index in [0.29, 0.717) is 18.4 Å². The minimum absolute atomic E-state index is 0.389. The fraction of sp³-hybridized carbons (Fsp3) is 0.400. The van der Waals surface area contributed by atoms with Gasteiger partial charge in [-0.2, -0.15) is 0 Å². The number of hydrogen-bond donors (Lipinski definition) is 0. The van der Waals surface area contributed by atoms with Gasteiger partial charge in [0.2, 0.25) is 0 Å². The molecule has 0 aliphatic heterocycles. The molecule has 1 aromatic carbocycles. The lowest BCUT2D eigenvalue weighted by atomic mass is 10.2. The lowest BCUT2D eigenvalue weighted by molar-refractivity contribution is 0.272. The molecule has 0 saturated heterocycles. The van der Waals surface area contributed by atoms with Gasteiger partial charge in [-0.25, -0.2) is 0 Å². The van der Waals surface area contributed by atoms with Crippen LogP contribution in [0.25, 0.3) is 0 Å². The molecule has 0 unspecified atom stereocenters. The van der Waals surface area contributed by atoms with E-state index < -0.39 is 0 Å². The normalized spacial score (nSPS) is 12.5. The second-order valence-electron chi connectivity index (χ2n) is 3.03. The maximum Gasteiger partial charge on any atom is 0.120 e. The van der Waals surface area contributed by atoms with E-state index >= 15 is 0 Å². The topological polar surface area (TPSA) is 9.23 Å². The van der Waals surface area contributed by atoms with Gasteiger partial charge in [-0.1, -0.05) is 28.9 Å². The molecule has 0 aliphatic rings. The van der Waals surface area contributed by atoms with Crippen molar-refractivity contribution in [3.05, 3.63) is 28.7 Å². The zero-order chi connectivity index (χ0) is 9.68. The number of alkyl halides is 1. The number of hydrogen-bond acceptors (Lipinski definition) is 1. The molecule has 0 fully saturated rings. The summed E-state index contributed by atoms with van der Waals surface area (Å²) >= 11 is 9.04. The van der Waals surface area contributed by atoms with Crippen LogP contribution in [-0.2, 0) is 0 Å². The molecule has 0 aromatic heterocycles. The van der Waals surface area contributed by atoms with Crippen LogP contribution in [0.1, 0.15) is 6.92 Å². The van der Waals surface area contributed by atoms with E-state index in [0.717, 1.165) is 10.2 Å². The zero-order valence-electron chi connectivity index (χ0n) is 7.47. The van der Waals surface area contributed by atoms with Gasteiger partial charge in [-0.3, -0.25) is 0 Å². The van der Waals surface area contributed by atoms with Gasteiger partial charge in [0, 0.05) is 16.3 Å². The van der Waals surface area contributed by atoms with E-state index in [1.54, 1.807) is 0 Å². The van der Waals surface area contributed by atoms with Crippen molar-refractivity contribution in [3.63, 3.8) is 0 Å². The summed E-state index contributed by atoms with van der Waals surface area (Å²) in [7, 11) is 0. The highest BCUT2D eigenvalue weighted by molar-refractivity contribution is 9.10. The maximum atomic E-state index is 5.66. The lowest BCUT2D eigenvalue weighted by Crippen LogP contribution is -2.09. The van der Waals surface area contributed by atoms with Gasteiger partial charge in [0.15, 0.2) is 0 Å². The number of ether oxygens (including phenoxy) is 1. The van der Waals surface area contributed by atoms with E-state index in [-0.39, 0.29) is 0 Å². The van der Waals surface area contributed by atoms with E-state index in [9.17, 15) is 0 Å². The summed E-state index contributed by atoms with van der Waals surface area (Å²) < 4.78 is 6.56. The molecular weight excluding hydrogens is 251 g/mol. The quantitative estimate of drug-likeness (QED) is 0.753. The molecule has 13 heavy (non-hydrogen) atoms. The molecule has 1 rings (SSSR count). The van der Waals surface area contributed by atoms with Gasteiger partial charge < -0.3 is 4.74 Å². The summed E-state index contributed by atoms with van der Waals surface area (Å²) in [5.41, 5.74) is 0. The molecule has 1 atom stereocenters. The van der Waals surface area contributed by atoms with Crippen molar-refractivity contribution in [2.45, 2.75) is 6.92 Å². The van der Waals surface area contributed by atoms with Gasteiger partial charge in [0.25, 0.3) is 0 Å². The first-order chi connectivity index (χ1) is 6.22. The average molecular weight is 264 g/mol. The van der Waals surface area contributed by atoms with E-state index in [4.69, 9.17) is 16.3 Å². The number of benzene rings is 1. The maximum absolute atomic E-state index is 5.66. The Kier molecular flexibility index (Phi) is 4.60. The summed E-state index contributed by atoms with van der Waals surface area (Å²) in [5.74, 6) is 1.90. The molecule has 0 saturated carbocycles. The van der Waals surface area contributed by atoms with Gasteiger partial charge in [-0.15, -0.1) is 11.6 Å². The predicted molar refractivity (Wildman–Crippen MR) is 59.5 cm³/mol. The van der Waals surface area contributed by atoms with Crippen LogP contribution in [-0.4, -0.2) is 12.5 Å². The Morgan fingerprint density at radius 3 is 2.92 bits per heavy atom. The van der Waals surface area contributed by atoms with Gasteiger partial charge >= 0.3 is 0 Å². The van der Waals surface area contributed by atoms with Crippen LogP contribution in [0.5, 0.6) is 5.75 Å². The van der Waals surface area contributed by atoms with Crippen LogP contribution in [0.2, 0.25) is 0 Å². The van der Waals surface area contributed by atoms with Crippen LogP contribution < -0.4 is 4.74 Å². The summed E-state index contributed by atoms with van der Waals surface area (Å²) in [6.45, 7) is 2.73. The average Bonchev–Trinajstić information content (AvgIpc) is 2.14. The molecule has 1 nitrogen and oxygen atoms in total. The first-order valence-corrected chi connectivity index (χ1v) is 5.49. The Labute approximate surface area is 92.2 Å². The Hall–Kier alpha value is -0.210. The molecule has 1 aromatic rings. The van der Waals surface area contributed by atoms with Crippen molar-refractivity contribution in [2.75, 3.05) is 12.5 Å². The van der Waals surface area contributed by atoms with Crippen molar-refractivity contribution in [1.82, 2.24) is 0 Å². The van der Waals surface area contributed by atoms with Crippen LogP contribution >= 0.6 is 27.5 Å². The SMILES string of the molecule is C[C@@H](CCl)COc1cccc(Br)c1. The Morgan fingerprint density at radius 1 is 1.54 bits per heavy atom. The molecule has 72 valence electrons. The van der Waals surface area contributed by atoms with E-state index in [1.165, 1.54) is 0 Å². The van der Waals surface area contributed by atoms with Crippen LogP contribution in [0.15, 0.2) is 28.7 Å². The smallest absolute Gasteiger partial charge is 0.120 e. The van der Waals surface area contributed by atoms with Crippen molar-refractivity contribution in [2.24, 2.45) is 5.92 Å². The van der Waals surface area contributed by atoms with Gasteiger partial charge in [0.1, 0.15) is 5.75 Å². The molecular formula is C10H12BrClO. The lowest BCUT2D eigenvalue weighted by Gasteiger charge is -2.09. The molecule has 0 bridgehead atoms. The molecule has 0 N–H and O–H groups in total. The number of halogens is 2. The number of rotatable bonds is 4. The fourth-order valence-corrected chi connectivity index (χ4v) is 1.31. The molecule has 0 amide bonds. The van der Waals surface area contributed by atoms with Crippen molar-refractivity contribution in [3.8, 4) is 5.75 Å². The van der Waals surface area contributed by atoms with Crippen molar-refractivity contribution >= 4 is 27.5 Å². The van der Waals surface area contributed by atoms with Crippen LogP contribution in [0, 0.1) is 5.92 Å². The molecule has 0 spiro atoms. The molecule has 0 aliphatic carbocycles. The Balaban J connectivity index is 2.45. The summed E-state index contributed by atoms with van der Waals surface area (Å²) in [6.07, 6.45) is 0. The monoisotopic (exact) mass is 262 g/mol. The van der Waals surface area contributed by atoms with Crippen molar-refractivity contribution < 1.29 is 4.74 Å². The summed E-state index contributed by atoms with van der Waals surface area (Å²) in [5, 5.41) is 0. The molecule has 0 radical (unpaired) electrons. The second-order valence-corrected chi connectivity index (χ2v) is 4.25. The Morgan fingerprint density at radius 2 is 2.31 bits per heavy atom. The summed E-state index contributed by atoms with van der Waals surface area (Å²) in [4.78, 5) is 0. The Bertz CT molecular complexity index is 265. The van der Waals surface area contributed by atoms with Crippen LogP contribution in [0.3, 0.4) is 0 Å². The third-order valence-electron chi connectivity index (χ3n) is 1.59. The van der Waals surface area contributed by atoms with Gasteiger partial charge in [-0.05, 0) is 18.2 Å². The highest BCUT2D eigenvalue weighted by Gasteiger charge is 2.01. The van der Waals surface area contributed by atoms with Crippen molar-refractivity contribution in [1.29, 1.82) is 0 Å². The van der Waals surface area contributed by atoms with Gasteiger partial charge in [0.05, 0.1) is 6.61 Å². The van der Waals surface area contributed by atoms with E-state index in [1.807, 2.05) is 24.3 Å². The minimum Gasteiger partial charge on any atom is -0.493 e. The highest BCUT2D eigenvalue weighted by Crippen LogP contribution is 2.18. The minimum atomic E-state index is 0.389. The summed E-state index contributed by atoms with van der Waals surface area (Å²) in [6, 6.07) is 7.80. The first kappa shape index (κ1) is 10.9. The third-order valence-corrected chi connectivity index (χ3v) is 2.61. The fourth-order valence-electron chi connectivity index (χ4n) is 0.840. The predicted octanol–water partition coefficient (Wildman–Crippen LogP) is 3.70. The third kappa shape index (κ3) is 4.01. The molecule has 0 heterocycles. The highest BCUT2D eigenvalue weighted by atomic mass is 79.9. The zero-order valence-corrected chi connectivity index (χ0v) is 9.81. The van der Waals surface area contributed by atoms with Crippen LogP contribution in [0.4, 0.5) is 0 Å².